The predicted octanol–water partition coefficient (Wildman–Crippen LogP) is 2.46. The Morgan fingerprint density at radius 2 is 2.04 bits per heavy atom. The standard InChI is InChI=1S/C19H30N4O2/c1-21(2)9-4-12-25-17-5-6-18-15(13-17)14-23(19(24)20-18)16-7-10-22(3)11-8-16/h5-6,13,16H,4,7-12,14H2,1-3H3,(H,20,24). The van der Waals surface area contributed by atoms with Gasteiger partial charge in [-0.2, -0.15) is 0 Å². The minimum Gasteiger partial charge on any atom is -0.494 e. The molecule has 0 atom stereocenters. The number of urea groups is 1. The first-order valence-electron chi connectivity index (χ1n) is 9.19. The molecule has 25 heavy (non-hydrogen) atoms. The smallest absolute Gasteiger partial charge is 0.322 e. The second kappa shape index (κ2) is 8.06. The van der Waals surface area contributed by atoms with Gasteiger partial charge >= 0.3 is 6.03 Å². The molecular formula is C19H30N4O2. The largest absolute Gasteiger partial charge is 0.494 e. The SMILES string of the molecule is CN(C)CCCOc1ccc2c(c1)CN(C1CCN(C)CC1)C(=O)N2. The van der Waals surface area contributed by atoms with Crippen LogP contribution in [0.4, 0.5) is 10.5 Å². The zero-order valence-electron chi connectivity index (χ0n) is 15.6. The molecule has 0 saturated carbocycles. The van der Waals surface area contributed by atoms with E-state index in [2.05, 4.69) is 42.3 Å². The lowest BCUT2D eigenvalue weighted by molar-refractivity contribution is 0.133. The molecule has 1 aromatic carbocycles. The fourth-order valence-corrected chi connectivity index (χ4v) is 3.53. The highest BCUT2D eigenvalue weighted by Gasteiger charge is 2.31. The summed E-state index contributed by atoms with van der Waals surface area (Å²) in [6.07, 6.45) is 3.09. The number of anilines is 1. The normalized spacial score (nSPS) is 19.0. The van der Waals surface area contributed by atoms with E-state index in [-0.39, 0.29) is 6.03 Å². The van der Waals surface area contributed by atoms with E-state index >= 15 is 0 Å². The van der Waals surface area contributed by atoms with Gasteiger partial charge in [0.05, 0.1) is 6.61 Å². The van der Waals surface area contributed by atoms with E-state index in [1.807, 2.05) is 17.0 Å². The number of benzene rings is 1. The van der Waals surface area contributed by atoms with Crippen LogP contribution in [0.25, 0.3) is 0 Å². The Hall–Kier alpha value is -1.79. The third-order valence-electron chi connectivity index (χ3n) is 5.07. The number of hydrogen-bond acceptors (Lipinski definition) is 4. The number of likely N-dealkylation sites (tertiary alicyclic amines) is 1. The highest BCUT2D eigenvalue weighted by atomic mass is 16.5. The lowest BCUT2D eigenvalue weighted by Gasteiger charge is -2.39. The van der Waals surface area contributed by atoms with Crippen LogP contribution in [0, 0.1) is 0 Å². The Balaban J connectivity index is 1.62. The summed E-state index contributed by atoms with van der Waals surface area (Å²) in [4.78, 5) is 18.9. The molecule has 3 rings (SSSR count). The van der Waals surface area contributed by atoms with Gasteiger partial charge in [-0.15, -0.1) is 0 Å². The number of ether oxygens (including phenoxy) is 1. The van der Waals surface area contributed by atoms with E-state index in [0.717, 1.165) is 55.9 Å². The van der Waals surface area contributed by atoms with Crippen molar-refractivity contribution in [3.05, 3.63) is 23.8 Å². The fraction of sp³-hybridized carbons (Fsp3) is 0.632. The van der Waals surface area contributed by atoms with Gasteiger partial charge < -0.3 is 24.8 Å². The number of carbonyl (C=O) groups is 1. The van der Waals surface area contributed by atoms with Crippen molar-refractivity contribution in [1.82, 2.24) is 14.7 Å². The van der Waals surface area contributed by atoms with Crippen molar-refractivity contribution in [3.8, 4) is 5.75 Å². The summed E-state index contributed by atoms with van der Waals surface area (Å²) in [5.41, 5.74) is 2.05. The average molecular weight is 346 g/mol. The van der Waals surface area contributed by atoms with Crippen LogP contribution in [0.3, 0.4) is 0 Å². The van der Waals surface area contributed by atoms with Crippen molar-refractivity contribution in [2.45, 2.75) is 31.8 Å². The molecular weight excluding hydrogens is 316 g/mol. The summed E-state index contributed by atoms with van der Waals surface area (Å²) < 4.78 is 5.88. The van der Waals surface area contributed by atoms with Crippen LogP contribution in [0.15, 0.2) is 18.2 Å². The quantitative estimate of drug-likeness (QED) is 0.804. The number of nitrogens with one attached hydrogen (secondary N) is 1. The van der Waals surface area contributed by atoms with Crippen LogP contribution in [0.1, 0.15) is 24.8 Å². The monoisotopic (exact) mass is 346 g/mol. The highest BCUT2D eigenvalue weighted by molar-refractivity contribution is 5.92. The summed E-state index contributed by atoms with van der Waals surface area (Å²) in [5, 5.41) is 3.04. The molecule has 0 radical (unpaired) electrons. The van der Waals surface area contributed by atoms with Gasteiger partial charge in [0.1, 0.15) is 5.75 Å². The van der Waals surface area contributed by atoms with Crippen LogP contribution in [-0.2, 0) is 6.54 Å². The molecule has 1 saturated heterocycles. The van der Waals surface area contributed by atoms with Gasteiger partial charge in [0.25, 0.3) is 0 Å². The number of fused-ring (bicyclic) bond motifs is 1. The molecule has 0 spiro atoms. The zero-order chi connectivity index (χ0) is 17.8. The summed E-state index contributed by atoms with van der Waals surface area (Å²) >= 11 is 0. The van der Waals surface area contributed by atoms with Crippen molar-refractivity contribution in [2.24, 2.45) is 0 Å². The lowest BCUT2D eigenvalue weighted by atomic mass is 10.0. The van der Waals surface area contributed by atoms with Crippen molar-refractivity contribution in [2.75, 3.05) is 52.7 Å². The molecule has 6 heteroatoms. The van der Waals surface area contributed by atoms with Crippen LogP contribution < -0.4 is 10.1 Å². The number of nitrogens with zero attached hydrogens (tertiary/aromatic N) is 3. The van der Waals surface area contributed by atoms with E-state index in [1.165, 1.54) is 0 Å². The molecule has 2 aliphatic rings. The van der Waals surface area contributed by atoms with E-state index in [1.54, 1.807) is 0 Å². The topological polar surface area (TPSA) is 48.1 Å². The van der Waals surface area contributed by atoms with E-state index < -0.39 is 0 Å². The summed E-state index contributed by atoms with van der Waals surface area (Å²) in [6, 6.07) is 6.34. The molecule has 2 heterocycles. The third kappa shape index (κ3) is 4.64. The molecule has 1 fully saturated rings. The second-order valence-corrected chi connectivity index (χ2v) is 7.42. The Bertz CT molecular complexity index is 597. The molecule has 1 aromatic rings. The van der Waals surface area contributed by atoms with Gasteiger partial charge in [0.2, 0.25) is 0 Å². The number of piperidine rings is 1. The van der Waals surface area contributed by atoms with Gasteiger partial charge in [-0.05, 0) is 77.3 Å². The minimum absolute atomic E-state index is 0.0294. The lowest BCUT2D eigenvalue weighted by Crippen LogP contribution is -2.49. The van der Waals surface area contributed by atoms with E-state index in [0.29, 0.717) is 19.2 Å². The van der Waals surface area contributed by atoms with Crippen molar-refractivity contribution >= 4 is 11.7 Å². The van der Waals surface area contributed by atoms with Crippen LogP contribution in [0.5, 0.6) is 5.75 Å². The van der Waals surface area contributed by atoms with Gasteiger partial charge in [-0.1, -0.05) is 0 Å². The van der Waals surface area contributed by atoms with Gasteiger partial charge in [0.15, 0.2) is 0 Å². The minimum atomic E-state index is 0.0294. The maximum absolute atomic E-state index is 12.5. The maximum atomic E-state index is 12.5. The fourth-order valence-electron chi connectivity index (χ4n) is 3.53. The Morgan fingerprint density at radius 3 is 2.76 bits per heavy atom. The van der Waals surface area contributed by atoms with Gasteiger partial charge in [0, 0.05) is 24.8 Å². The molecule has 0 aliphatic carbocycles. The molecule has 2 aliphatic heterocycles. The van der Waals surface area contributed by atoms with Crippen LogP contribution in [-0.4, -0.2) is 74.2 Å². The molecule has 2 amide bonds. The maximum Gasteiger partial charge on any atom is 0.322 e. The zero-order valence-corrected chi connectivity index (χ0v) is 15.6. The number of carbonyl (C=O) groups excluding carboxylic acids is 1. The van der Waals surface area contributed by atoms with Crippen molar-refractivity contribution in [1.29, 1.82) is 0 Å². The first-order chi connectivity index (χ1) is 12.0. The summed E-state index contributed by atoms with van der Waals surface area (Å²) in [5.74, 6) is 0.886. The predicted molar refractivity (Wildman–Crippen MR) is 100 cm³/mol. The first kappa shape index (κ1) is 18.0. The first-order valence-corrected chi connectivity index (χ1v) is 9.19. The van der Waals surface area contributed by atoms with Crippen LogP contribution in [0.2, 0.25) is 0 Å². The average Bonchev–Trinajstić information content (AvgIpc) is 2.59. The molecule has 6 nitrogen and oxygen atoms in total. The van der Waals surface area contributed by atoms with E-state index in [4.69, 9.17) is 4.74 Å². The molecule has 0 bridgehead atoms. The molecule has 138 valence electrons. The highest BCUT2D eigenvalue weighted by Crippen LogP contribution is 2.30. The Labute approximate surface area is 150 Å². The summed E-state index contributed by atoms with van der Waals surface area (Å²) in [7, 11) is 6.28. The Morgan fingerprint density at radius 1 is 1.28 bits per heavy atom. The Kier molecular flexibility index (Phi) is 5.81. The second-order valence-electron chi connectivity index (χ2n) is 7.42. The number of rotatable bonds is 6. The van der Waals surface area contributed by atoms with Gasteiger partial charge in [-0.25, -0.2) is 4.79 Å². The molecule has 0 aromatic heterocycles. The molecule has 0 unspecified atom stereocenters. The number of hydrogen-bond donors (Lipinski definition) is 1. The van der Waals surface area contributed by atoms with Gasteiger partial charge in [-0.3, -0.25) is 0 Å². The summed E-state index contributed by atoms with van der Waals surface area (Å²) in [6.45, 7) is 4.50. The molecule has 1 N–H and O–H groups in total. The van der Waals surface area contributed by atoms with Crippen molar-refractivity contribution in [3.63, 3.8) is 0 Å². The van der Waals surface area contributed by atoms with Crippen LogP contribution >= 0.6 is 0 Å². The number of amides is 2. The van der Waals surface area contributed by atoms with Crippen molar-refractivity contribution < 1.29 is 9.53 Å². The van der Waals surface area contributed by atoms with E-state index in [9.17, 15) is 4.79 Å². The third-order valence-corrected chi connectivity index (χ3v) is 5.07.